The van der Waals surface area contributed by atoms with E-state index in [0.717, 1.165) is 17.9 Å². The smallest absolute Gasteiger partial charge is 0.127 e. The predicted octanol–water partition coefficient (Wildman–Crippen LogP) is 5.02. The highest BCUT2D eigenvalue weighted by Crippen LogP contribution is 2.34. The molecule has 1 aliphatic rings. The Morgan fingerprint density at radius 2 is 2.00 bits per heavy atom. The minimum Gasteiger partial charge on any atom is -0.313 e. The number of hydrogen-bond acceptors (Lipinski definition) is 1. The maximum absolute atomic E-state index is 13.5. The molecule has 1 nitrogen and oxygen atoms in total. The zero-order chi connectivity index (χ0) is 13.8. The molecule has 2 rings (SSSR count). The molecule has 1 saturated carbocycles. The molecule has 1 unspecified atom stereocenters. The first kappa shape index (κ1) is 14.8. The summed E-state index contributed by atoms with van der Waals surface area (Å²) < 4.78 is 13.5. The van der Waals surface area contributed by atoms with Gasteiger partial charge < -0.3 is 5.32 Å². The third-order valence-electron chi connectivity index (χ3n) is 4.30. The number of halogens is 2. The Hall–Kier alpha value is -0.600. The Morgan fingerprint density at radius 3 is 2.63 bits per heavy atom. The van der Waals surface area contributed by atoms with Crippen LogP contribution >= 0.6 is 11.6 Å². The average Bonchev–Trinajstić information content (AvgIpc) is 2.42. The number of benzene rings is 1. The van der Waals surface area contributed by atoms with Crippen LogP contribution in [0.1, 0.15) is 55.7 Å². The van der Waals surface area contributed by atoms with Gasteiger partial charge in [0, 0.05) is 11.1 Å². The van der Waals surface area contributed by atoms with E-state index in [2.05, 4.69) is 5.32 Å². The Bertz CT molecular complexity index is 427. The highest BCUT2D eigenvalue weighted by atomic mass is 35.5. The highest BCUT2D eigenvalue weighted by Gasteiger charge is 2.21. The second kappa shape index (κ2) is 6.71. The first-order valence-electron chi connectivity index (χ1n) is 7.24. The summed E-state index contributed by atoms with van der Waals surface area (Å²) in [6.45, 7) is 1.79. The van der Waals surface area contributed by atoms with Crippen LogP contribution in [-0.2, 0) is 0 Å². The van der Waals surface area contributed by atoms with Gasteiger partial charge in [0.15, 0.2) is 0 Å². The Kier molecular flexibility index (Phi) is 5.23. The third kappa shape index (κ3) is 3.70. The van der Waals surface area contributed by atoms with Gasteiger partial charge in [-0.3, -0.25) is 0 Å². The van der Waals surface area contributed by atoms with E-state index >= 15 is 0 Å². The summed E-state index contributed by atoms with van der Waals surface area (Å²) in [6, 6.07) is 3.56. The fourth-order valence-corrected chi connectivity index (χ4v) is 3.39. The third-order valence-corrected chi connectivity index (χ3v) is 4.62. The number of hydrogen-bond donors (Lipinski definition) is 1. The number of aryl methyl sites for hydroxylation is 1. The Balaban J connectivity index is 2.14. The van der Waals surface area contributed by atoms with Crippen molar-refractivity contribution in [2.45, 2.75) is 51.5 Å². The molecule has 0 saturated heterocycles. The standard InChI is InChI=1S/C16H23ClFN/c1-11-8-13(14(17)10-15(11)18)16(19-2)9-12-6-4-3-5-7-12/h8,10,12,16,19H,3-7,9H2,1-2H3. The summed E-state index contributed by atoms with van der Waals surface area (Å²) in [7, 11) is 1.96. The second-order valence-electron chi connectivity index (χ2n) is 5.70. The maximum atomic E-state index is 13.5. The van der Waals surface area contributed by atoms with Crippen molar-refractivity contribution in [3.8, 4) is 0 Å². The molecule has 1 fully saturated rings. The molecule has 19 heavy (non-hydrogen) atoms. The van der Waals surface area contributed by atoms with Gasteiger partial charge in [-0.05, 0) is 43.5 Å². The number of rotatable bonds is 4. The molecule has 0 spiro atoms. The summed E-state index contributed by atoms with van der Waals surface area (Å²) in [5.41, 5.74) is 1.71. The van der Waals surface area contributed by atoms with Crippen LogP contribution in [0.25, 0.3) is 0 Å². The summed E-state index contributed by atoms with van der Waals surface area (Å²) in [5.74, 6) is 0.550. The van der Waals surface area contributed by atoms with E-state index in [1.54, 1.807) is 6.92 Å². The lowest BCUT2D eigenvalue weighted by molar-refractivity contribution is 0.305. The zero-order valence-electron chi connectivity index (χ0n) is 11.8. The molecule has 106 valence electrons. The first-order valence-corrected chi connectivity index (χ1v) is 7.62. The molecule has 0 amide bonds. The van der Waals surface area contributed by atoms with E-state index < -0.39 is 0 Å². The van der Waals surface area contributed by atoms with Crippen LogP contribution in [0.3, 0.4) is 0 Å². The van der Waals surface area contributed by atoms with E-state index in [4.69, 9.17) is 11.6 Å². The van der Waals surface area contributed by atoms with Crippen molar-refractivity contribution in [1.29, 1.82) is 0 Å². The first-order chi connectivity index (χ1) is 9.11. The van der Waals surface area contributed by atoms with Crippen molar-refractivity contribution in [2.24, 2.45) is 5.92 Å². The molecular formula is C16H23ClFN. The van der Waals surface area contributed by atoms with Crippen molar-refractivity contribution in [2.75, 3.05) is 7.05 Å². The molecule has 0 radical (unpaired) electrons. The van der Waals surface area contributed by atoms with Crippen LogP contribution in [0, 0.1) is 18.7 Å². The minimum absolute atomic E-state index is 0.221. The molecule has 0 aliphatic heterocycles. The van der Waals surface area contributed by atoms with Crippen LogP contribution in [0.15, 0.2) is 12.1 Å². The van der Waals surface area contributed by atoms with Crippen molar-refractivity contribution in [3.05, 3.63) is 34.1 Å². The molecule has 1 aliphatic carbocycles. The van der Waals surface area contributed by atoms with Gasteiger partial charge in [-0.15, -0.1) is 0 Å². The molecule has 1 atom stereocenters. The van der Waals surface area contributed by atoms with Crippen molar-refractivity contribution < 1.29 is 4.39 Å². The summed E-state index contributed by atoms with van der Waals surface area (Å²) in [4.78, 5) is 0. The molecule has 1 aromatic carbocycles. The van der Waals surface area contributed by atoms with E-state index in [1.165, 1.54) is 38.2 Å². The van der Waals surface area contributed by atoms with Crippen molar-refractivity contribution >= 4 is 11.6 Å². The number of nitrogens with one attached hydrogen (secondary N) is 1. The van der Waals surface area contributed by atoms with Gasteiger partial charge in [-0.2, -0.15) is 0 Å². The topological polar surface area (TPSA) is 12.0 Å². The van der Waals surface area contributed by atoms with Gasteiger partial charge in [0.05, 0.1) is 0 Å². The van der Waals surface area contributed by atoms with Gasteiger partial charge in [-0.1, -0.05) is 49.8 Å². The fourth-order valence-electron chi connectivity index (χ4n) is 3.10. The lowest BCUT2D eigenvalue weighted by atomic mass is 9.83. The van der Waals surface area contributed by atoms with Crippen LogP contribution < -0.4 is 5.32 Å². The van der Waals surface area contributed by atoms with Gasteiger partial charge in [0.25, 0.3) is 0 Å². The van der Waals surface area contributed by atoms with E-state index in [-0.39, 0.29) is 11.9 Å². The lowest BCUT2D eigenvalue weighted by Crippen LogP contribution is -2.21. The molecule has 1 aromatic rings. The van der Waals surface area contributed by atoms with Gasteiger partial charge in [0.1, 0.15) is 5.82 Å². The summed E-state index contributed by atoms with van der Waals surface area (Å²) >= 11 is 6.21. The highest BCUT2D eigenvalue weighted by molar-refractivity contribution is 6.31. The molecule has 0 heterocycles. The summed E-state index contributed by atoms with van der Waals surface area (Å²) in [5, 5.41) is 3.89. The van der Waals surface area contributed by atoms with Gasteiger partial charge in [-0.25, -0.2) is 4.39 Å². The summed E-state index contributed by atoms with van der Waals surface area (Å²) in [6.07, 6.45) is 7.79. The molecular weight excluding hydrogens is 261 g/mol. The normalized spacial score (nSPS) is 18.5. The van der Waals surface area contributed by atoms with E-state index in [0.29, 0.717) is 10.6 Å². The van der Waals surface area contributed by atoms with E-state index in [1.807, 2.05) is 13.1 Å². The monoisotopic (exact) mass is 283 g/mol. The van der Waals surface area contributed by atoms with Crippen LogP contribution in [-0.4, -0.2) is 7.05 Å². The molecule has 0 aromatic heterocycles. The maximum Gasteiger partial charge on any atom is 0.127 e. The Labute approximate surface area is 120 Å². The van der Waals surface area contributed by atoms with E-state index in [9.17, 15) is 4.39 Å². The largest absolute Gasteiger partial charge is 0.313 e. The van der Waals surface area contributed by atoms with Crippen molar-refractivity contribution in [3.63, 3.8) is 0 Å². The van der Waals surface area contributed by atoms with Crippen LogP contribution in [0.4, 0.5) is 4.39 Å². The average molecular weight is 284 g/mol. The molecule has 0 bridgehead atoms. The fraction of sp³-hybridized carbons (Fsp3) is 0.625. The molecule has 1 N–H and O–H groups in total. The second-order valence-corrected chi connectivity index (χ2v) is 6.11. The van der Waals surface area contributed by atoms with Crippen molar-refractivity contribution in [1.82, 2.24) is 5.32 Å². The lowest BCUT2D eigenvalue weighted by Gasteiger charge is -2.27. The van der Waals surface area contributed by atoms with Gasteiger partial charge in [0.2, 0.25) is 0 Å². The zero-order valence-corrected chi connectivity index (χ0v) is 12.6. The Morgan fingerprint density at radius 1 is 1.32 bits per heavy atom. The molecule has 3 heteroatoms. The minimum atomic E-state index is -0.221. The van der Waals surface area contributed by atoms with Crippen LogP contribution in [0.2, 0.25) is 5.02 Å². The van der Waals surface area contributed by atoms with Gasteiger partial charge >= 0.3 is 0 Å². The quantitative estimate of drug-likeness (QED) is 0.818. The van der Waals surface area contributed by atoms with Crippen LogP contribution in [0.5, 0.6) is 0 Å². The SMILES string of the molecule is CNC(CC1CCCCC1)c1cc(C)c(F)cc1Cl. The predicted molar refractivity (Wildman–Crippen MR) is 79.1 cm³/mol.